The number of guanidine groups is 1. The van der Waals surface area contributed by atoms with Crippen molar-refractivity contribution < 1.29 is 4.79 Å². The average molecular weight is 559 g/mol. The molecule has 1 saturated heterocycles. The van der Waals surface area contributed by atoms with Gasteiger partial charge in [0.05, 0.1) is 10.6 Å². The molecule has 1 atom stereocenters. The molecule has 5 nitrogen and oxygen atoms in total. The van der Waals surface area contributed by atoms with Crippen molar-refractivity contribution in [3.05, 3.63) is 65.2 Å². The molecule has 0 aromatic heterocycles. The van der Waals surface area contributed by atoms with E-state index in [9.17, 15) is 4.79 Å². The van der Waals surface area contributed by atoms with Crippen LogP contribution in [0.25, 0.3) is 0 Å². The van der Waals surface area contributed by atoms with E-state index in [0.717, 1.165) is 24.8 Å². The monoisotopic (exact) mass is 558 g/mol. The molecule has 3 rings (SSSR count). The van der Waals surface area contributed by atoms with Crippen LogP contribution in [0.5, 0.6) is 0 Å². The van der Waals surface area contributed by atoms with Gasteiger partial charge in [-0.3, -0.25) is 9.79 Å². The smallest absolute Gasteiger partial charge is 0.252 e. The van der Waals surface area contributed by atoms with E-state index in [1.807, 2.05) is 23.9 Å². The highest BCUT2D eigenvalue weighted by atomic mass is 127. The molecule has 1 unspecified atom stereocenters. The fourth-order valence-corrected chi connectivity index (χ4v) is 4.59. The van der Waals surface area contributed by atoms with Crippen LogP contribution in [0.4, 0.5) is 0 Å². The van der Waals surface area contributed by atoms with Crippen molar-refractivity contribution in [3.8, 4) is 0 Å². The van der Waals surface area contributed by atoms with Crippen molar-refractivity contribution >= 4 is 59.2 Å². The number of carbonyl (C=O) groups excluding carboxylic acids is 1. The Morgan fingerprint density at radius 2 is 1.83 bits per heavy atom. The summed E-state index contributed by atoms with van der Waals surface area (Å²) in [4.78, 5) is 20.2. The molecule has 1 fully saturated rings. The van der Waals surface area contributed by atoms with E-state index in [4.69, 9.17) is 11.6 Å². The second kappa shape index (κ2) is 13.1. The minimum absolute atomic E-state index is 0. The highest BCUT2D eigenvalue weighted by Gasteiger charge is 2.24. The van der Waals surface area contributed by atoms with E-state index in [0.29, 0.717) is 29.6 Å². The quantitative estimate of drug-likeness (QED) is 0.174. The van der Waals surface area contributed by atoms with Crippen LogP contribution in [0.1, 0.15) is 16.8 Å². The predicted molar refractivity (Wildman–Crippen MR) is 137 cm³/mol. The summed E-state index contributed by atoms with van der Waals surface area (Å²) in [6.45, 7) is 3.13. The SMILES string of the molecule is CN=C(NCCNC(=O)c1ccccc1Cl)N1CCC(CSc2ccccc2)C1.I. The maximum Gasteiger partial charge on any atom is 0.252 e. The van der Waals surface area contributed by atoms with Crippen LogP contribution in [0.3, 0.4) is 0 Å². The molecule has 1 heterocycles. The van der Waals surface area contributed by atoms with Crippen LogP contribution >= 0.6 is 47.3 Å². The predicted octanol–water partition coefficient (Wildman–Crippen LogP) is 4.38. The van der Waals surface area contributed by atoms with Crippen LogP contribution in [-0.2, 0) is 0 Å². The second-order valence-corrected chi connectivity index (χ2v) is 8.44. The first-order valence-electron chi connectivity index (χ1n) is 9.83. The van der Waals surface area contributed by atoms with Crippen molar-refractivity contribution in [2.24, 2.45) is 10.9 Å². The van der Waals surface area contributed by atoms with E-state index >= 15 is 0 Å². The Morgan fingerprint density at radius 3 is 2.57 bits per heavy atom. The summed E-state index contributed by atoms with van der Waals surface area (Å²) in [5.74, 6) is 2.50. The zero-order valence-electron chi connectivity index (χ0n) is 17.0. The fraction of sp³-hybridized carbons (Fsp3) is 0.364. The van der Waals surface area contributed by atoms with Crippen LogP contribution in [0.2, 0.25) is 5.02 Å². The maximum atomic E-state index is 12.2. The van der Waals surface area contributed by atoms with Crippen molar-refractivity contribution in [2.75, 3.05) is 39.0 Å². The van der Waals surface area contributed by atoms with E-state index < -0.39 is 0 Å². The van der Waals surface area contributed by atoms with Crippen LogP contribution in [0.15, 0.2) is 64.5 Å². The fourth-order valence-electron chi connectivity index (χ4n) is 3.32. The lowest BCUT2D eigenvalue weighted by atomic mass is 10.2. The van der Waals surface area contributed by atoms with E-state index in [-0.39, 0.29) is 29.9 Å². The molecular formula is C22H28ClIN4OS. The standard InChI is InChI=1S/C22H27ClN4OS.HI/c1-24-22(26-13-12-25-21(28)19-9-5-6-10-20(19)23)27-14-11-17(15-27)16-29-18-7-3-2-4-8-18;/h2-10,17H,11-16H2,1H3,(H,24,26)(H,25,28);1H. The third kappa shape index (κ3) is 7.35. The first kappa shape index (κ1) is 24.8. The third-order valence-corrected chi connectivity index (χ3v) is 6.41. The summed E-state index contributed by atoms with van der Waals surface area (Å²) in [6, 6.07) is 17.6. The van der Waals surface area contributed by atoms with Gasteiger partial charge < -0.3 is 15.5 Å². The van der Waals surface area contributed by atoms with Gasteiger partial charge in [-0.25, -0.2) is 0 Å². The number of nitrogens with zero attached hydrogens (tertiary/aromatic N) is 2. The molecule has 2 aromatic carbocycles. The summed E-state index contributed by atoms with van der Waals surface area (Å²) in [7, 11) is 1.80. The van der Waals surface area contributed by atoms with Gasteiger partial charge in [0.25, 0.3) is 5.91 Å². The number of carbonyl (C=O) groups is 1. The first-order valence-corrected chi connectivity index (χ1v) is 11.2. The molecule has 2 aromatic rings. The number of benzene rings is 2. The Bertz CT molecular complexity index is 837. The molecule has 2 N–H and O–H groups in total. The Hall–Kier alpha value is -1.45. The average Bonchev–Trinajstić information content (AvgIpc) is 3.22. The zero-order chi connectivity index (χ0) is 20.5. The molecule has 0 spiro atoms. The number of rotatable bonds is 7. The van der Waals surface area contributed by atoms with Crippen LogP contribution < -0.4 is 10.6 Å². The lowest BCUT2D eigenvalue weighted by Crippen LogP contribution is -2.43. The van der Waals surface area contributed by atoms with Gasteiger partial charge in [-0.15, -0.1) is 35.7 Å². The van der Waals surface area contributed by atoms with Crippen LogP contribution in [-0.4, -0.2) is 55.7 Å². The minimum atomic E-state index is -0.161. The van der Waals surface area contributed by atoms with Gasteiger partial charge in [-0.05, 0) is 36.6 Å². The number of nitrogens with one attached hydrogen (secondary N) is 2. The summed E-state index contributed by atoms with van der Waals surface area (Å²) in [5, 5.41) is 6.71. The Labute approximate surface area is 205 Å². The molecule has 30 heavy (non-hydrogen) atoms. The second-order valence-electron chi connectivity index (χ2n) is 6.93. The highest BCUT2D eigenvalue weighted by molar-refractivity contribution is 14.0. The van der Waals surface area contributed by atoms with E-state index in [1.54, 1.807) is 25.2 Å². The van der Waals surface area contributed by atoms with Gasteiger partial charge in [0.15, 0.2) is 5.96 Å². The lowest BCUT2D eigenvalue weighted by Gasteiger charge is -2.22. The van der Waals surface area contributed by atoms with Gasteiger partial charge in [0.1, 0.15) is 0 Å². The molecule has 1 aliphatic rings. The molecule has 0 bridgehead atoms. The molecule has 0 radical (unpaired) electrons. The largest absolute Gasteiger partial charge is 0.354 e. The summed E-state index contributed by atoms with van der Waals surface area (Å²) in [6.07, 6.45) is 1.17. The number of hydrogen-bond acceptors (Lipinski definition) is 3. The van der Waals surface area contributed by atoms with Crippen molar-refractivity contribution in [3.63, 3.8) is 0 Å². The van der Waals surface area contributed by atoms with E-state index in [2.05, 4.69) is 44.8 Å². The third-order valence-electron chi connectivity index (χ3n) is 4.84. The van der Waals surface area contributed by atoms with Crippen molar-refractivity contribution in [1.29, 1.82) is 0 Å². The number of amides is 1. The Balaban J connectivity index is 0.00000320. The lowest BCUT2D eigenvalue weighted by molar-refractivity contribution is 0.0954. The Kier molecular flexibility index (Phi) is 10.8. The molecule has 0 saturated carbocycles. The molecule has 8 heteroatoms. The van der Waals surface area contributed by atoms with Gasteiger partial charge in [-0.1, -0.05) is 41.9 Å². The molecule has 1 amide bonds. The van der Waals surface area contributed by atoms with Crippen LogP contribution in [0, 0.1) is 5.92 Å². The number of hydrogen-bond donors (Lipinski definition) is 2. The number of aliphatic imine (C=N–C) groups is 1. The summed E-state index contributed by atoms with van der Waals surface area (Å²) < 4.78 is 0. The first-order chi connectivity index (χ1) is 14.2. The Morgan fingerprint density at radius 1 is 1.13 bits per heavy atom. The van der Waals surface area contributed by atoms with E-state index in [1.165, 1.54) is 11.3 Å². The number of likely N-dealkylation sites (tertiary alicyclic amines) is 1. The number of halogens is 2. The zero-order valence-corrected chi connectivity index (χ0v) is 20.9. The maximum absolute atomic E-state index is 12.2. The van der Waals surface area contributed by atoms with Gasteiger partial charge >= 0.3 is 0 Å². The topological polar surface area (TPSA) is 56.7 Å². The number of thioether (sulfide) groups is 1. The van der Waals surface area contributed by atoms with Crippen molar-refractivity contribution in [1.82, 2.24) is 15.5 Å². The van der Waals surface area contributed by atoms with Gasteiger partial charge in [0.2, 0.25) is 0 Å². The van der Waals surface area contributed by atoms with Crippen molar-refractivity contribution in [2.45, 2.75) is 11.3 Å². The summed E-state index contributed by atoms with van der Waals surface area (Å²) in [5.41, 5.74) is 0.497. The summed E-state index contributed by atoms with van der Waals surface area (Å²) >= 11 is 7.98. The van der Waals surface area contributed by atoms with Gasteiger partial charge in [0, 0.05) is 43.9 Å². The normalized spacial score (nSPS) is 16.1. The van der Waals surface area contributed by atoms with Gasteiger partial charge in [-0.2, -0.15) is 0 Å². The molecule has 162 valence electrons. The molecule has 1 aliphatic heterocycles. The highest BCUT2D eigenvalue weighted by Crippen LogP contribution is 2.25. The molecule has 0 aliphatic carbocycles. The minimum Gasteiger partial charge on any atom is -0.354 e. The molecular weight excluding hydrogens is 531 g/mol.